The maximum Gasteiger partial charge on any atom is 0.261 e. The van der Waals surface area contributed by atoms with Crippen LogP contribution in [-0.2, 0) is 21.2 Å². The van der Waals surface area contributed by atoms with Gasteiger partial charge >= 0.3 is 0 Å². The molecular formula is C19H22N2O3S. The molecule has 0 bridgehead atoms. The molecule has 0 radical (unpaired) electrons. The first kappa shape index (κ1) is 17.5. The first-order chi connectivity index (χ1) is 11.9. The molecule has 3 rings (SSSR count). The van der Waals surface area contributed by atoms with Crippen LogP contribution < -0.4 is 9.62 Å². The van der Waals surface area contributed by atoms with E-state index in [4.69, 9.17) is 0 Å². The Hall–Kier alpha value is -2.34. The van der Waals surface area contributed by atoms with E-state index in [0.29, 0.717) is 31.0 Å². The van der Waals surface area contributed by atoms with Crippen molar-refractivity contribution in [2.75, 3.05) is 16.2 Å². The van der Waals surface area contributed by atoms with Crippen LogP contribution in [0.5, 0.6) is 0 Å². The molecule has 6 heteroatoms. The van der Waals surface area contributed by atoms with Gasteiger partial charge in [0.2, 0.25) is 5.91 Å². The van der Waals surface area contributed by atoms with Gasteiger partial charge in [0.15, 0.2) is 0 Å². The quantitative estimate of drug-likeness (QED) is 0.890. The van der Waals surface area contributed by atoms with Gasteiger partial charge in [-0.1, -0.05) is 32.0 Å². The highest BCUT2D eigenvalue weighted by atomic mass is 32.2. The zero-order valence-electron chi connectivity index (χ0n) is 14.4. The van der Waals surface area contributed by atoms with Gasteiger partial charge in [-0.3, -0.25) is 9.52 Å². The molecule has 1 N–H and O–H groups in total. The number of benzene rings is 2. The number of amides is 1. The smallest absolute Gasteiger partial charge is 0.261 e. The van der Waals surface area contributed by atoms with E-state index in [0.717, 1.165) is 11.3 Å². The average molecular weight is 358 g/mol. The Labute approximate surface area is 148 Å². The van der Waals surface area contributed by atoms with Crippen molar-refractivity contribution in [1.82, 2.24) is 0 Å². The first-order valence-corrected chi connectivity index (χ1v) is 9.86. The minimum absolute atomic E-state index is 0.124. The van der Waals surface area contributed by atoms with Gasteiger partial charge in [0.05, 0.1) is 4.90 Å². The molecule has 2 aromatic carbocycles. The molecule has 0 atom stereocenters. The lowest BCUT2D eigenvalue weighted by Gasteiger charge is -2.31. The van der Waals surface area contributed by atoms with Gasteiger partial charge in [-0.25, -0.2) is 8.42 Å². The highest BCUT2D eigenvalue weighted by Crippen LogP contribution is 2.31. The van der Waals surface area contributed by atoms with Gasteiger partial charge in [0.25, 0.3) is 10.0 Å². The summed E-state index contributed by atoms with van der Waals surface area (Å²) in [5, 5.41) is 0. The molecule has 5 nitrogen and oxygen atoms in total. The molecule has 0 aliphatic carbocycles. The van der Waals surface area contributed by atoms with E-state index in [1.165, 1.54) is 0 Å². The van der Waals surface area contributed by atoms with E-state index in [1.54, 1.807) is 41.3 Å². The average Bonchev–Trinajstić information content (AvgIpc) is 2.58. The summed E-state index contributed by atoms with van der Waals surface area (Å²) < 4.78 is 27.5. The summed E-state index contributed by atoms with van der Waals surface area (Å²) in [6.07, 6.45) is 1.08. The number of aryl methyl sites for hydroxylation is 1. The Balaban J connectivity index is 1.88. The summed E-state index contributed by atoms with van der Waals surface area (Å²) in [5.41, 5.74) is 2.39. The minimum Gasteiger partial charge on any atom is -0.312 e. The predicted octanol–water partition coefficient (Wildman–Crippen LogP) is 3.42. The fourth-order valence-electron chi connectivity index (χ4n) is 3.00. The Morgan fingerprint density at radius 2 is 1.80 bits per heavy atom. The molecule has 0 unspecified atom stereocenters. The number of sulfonamides is 1. The number of carbonyl (C=O) groups excluding carboxylic acids is 1. The molecule has 25 heavy (non-hydrogen) atoms. The van der Waals surface area contributed by atoms with Crippen LogP contribution in [0.4, 0.5) is 11.4 Å². The first-order valence-electron chi connectivity index (χ1n) is 8.38. The lowest BCUT2D eigenvalue weighted by atomic mass is 9.99. The summed E-state index contributed by atoms with van der Waals surface area (Å²) in [7, 11) is -3.61. The van der Waals surface area contributed by atoms with Crippen LogP contribution in [0, 0.1) is 5.92 Å². The number of hydrogen-bond acceptors (Lipinski definition) is 3. The molecule has 0 fully saturated rings. The predicted molar refractivity (Wildman–Crippen MR) is 99.2 cm³/mol. The van der Waals surface area contributed by atoms with Crippen LogP contribution in [0.3, 0.4) is 0 Å². The number of carbonyl (C=O) groups is 1. The van der Waals surface area contributed by atoms with E-state index in [-0.39, 0.29) is 10.8 Å². The normalized spacial score (nSPS) is 14.5. The highest BCUT2D eigenvalue weighted by Gasteiger charge is 2.25. The van der Waals surface area contributed by atoms with Crippen LogP contribution in [0.2, 0.25) is 0 Å². The summed E-state index contributed by atoms with van der Waals surface area (Å²) in [5.74, 6) is 0.491. The van der Waals surface area contributed by atoms with Gasteiger partial charge in [0.1, 0.15) is 0 Å². The second-order valence-corrected chi connectivity index (χ2v) is 8.34. The van der Waals surface area contributed by atoms with Gasteiger partial charge < -0.3 is 4.90 Å². The molecule has 1 aliphatic heterocycles. The number of rotatable bonds is 5. The molecule has 2 aromatic rings. The second kappa shape index (κ2) is 6.88. The van der Waals surface area contributed by atoms with Crippen LogP contribution in [0.25, 0.3) is 0 Å². The maximum atomic E-state index is 12.5. The van der Waals surface area contributed by atoms with E-state index >= 15 is 0 Å². The number of nitrogens with one attached hydrogen (secondary N) is 1. The molecular weight excluding hydrogens is 336 g/mol. The number of anilines is 2. The third kappa shape index (κ3) is 3.85. The van der Waals surface area contributed by atoms with E-state index < -0.39 is 10.0 Å². The summed E-state index contributed by atoms with van der Waals surface area (Å²) >= 11 is 0. The lowest BCUT2D eigenvalue weighted by molar-refractivity contribution is -0.119. The van der Waals surface area contributed by atoms with Crippen molar-refractivity contribution < 1.29 is 13.2 Å². The number of nitrogens with zero attached hydrogens (tertiary/aromatic N) is 1. The number of fused-ring (bicyclic) bond motifs is 1. The molecule has 132 valence electrons. The Morgan fingerprint density at radius 1 is 1.08 bits per heavy atom. The van der Waals surface area contributed by atoms with Gasteiger partial charge in [-0.2, -0.15) is 0 Å². The fourth-order valence-corrected chi connectivity index (χ4v) is 4.07. The van der Waals surface area contributed by atoms with Crippen molar-refractivity contribution in [2.24, 2.45) is 5.92 Å². The van der Waals surface area contributed by atoms with Gasteiger partial charge in [0, 0.05) is 24.3 Å². The van der Waals surface area contributed by atoms with Gasteiger partial charge in [-0.15, -0.1) is 0 Å². The summed E-state index contributed by atoms with van der Waals surface area (Å²) in [6.45, 7) is 4.81. The fraction of sp³-hybridized carbons (Fsp3) is 0.316. The van der Waals surface area contributed by atoms with Crippen molar-refractivity contribution in [3.63, 3.8) is 0 Å². The van der Waals surface area contributed by atoms with Crippen LogP contribution >= 0.6 is 0 Å². The SMILES string of the molecule is CC(C)CN1C(=O)CCc2cc(NS(=O)(=O)c3ccccc3)ccc21. The molecule has 0 aromatic heterocycles. The van der Waals surface area contributed by atoms with E-state index in [1.807, 2.05) is 12.1 Å². The third-order valence-corrected chi connectivity index (χ3v) is 5.53. The van der Waals surface area contributed by atoms with Crippen LogP contribution in [0.1, 0.15) is 25.8 Å². The minimum atomic E-state index is -3.61. The Morgan fingerprint density at radius 3 is 2.48 bits per heavy atom. The Kier molecular flexibility index (Phi) is 4.81. The summed E-state index contributed by atoms with van der Waals surface area (Å²) in [4.78, 5) is 14.2. The zero-order valence-corrected chi connectivity index (χ0v) is 15.2. The molecule has 1 aliphatic rings. The molecule has 1 heterocycles. The Bertz CT molecular complexity index is 877. The van der Waals surface area contributed by atoms with Crippen molar-refractivity contribution in [2.45, 2.75) is 31.6 Å². The largest absolute Gasteiger partial charge is 0.312 e. The maximum absolute atomic E-state index is 12.5. The third-order valence-electron chi connectivity index (χ3n) is 4.13. The molecule has 0 spiro atoms. The van der Waals surface area contributed by atoms with Crippen molar-refractivity contribution in [3.8, 4) is 0 Å². The van der Waals surface area contributed by atoms with Crippen LogP contribution in [0.15, 0.2) is 53.4 Å². The zero-order chi connectivity index (χ0) is 18.0. The molecule has 0 saturated carbocycles. The standard InChI is InChI=1S/C19H22N2O3S/c1-14(2)13-21-18-10-9-16(12-15(18)8-11-19(21)22)20-25(23,24)17-6-4-3-5-7-17/h3-7,9-10,12,14,20H,8,11,13H2,1-2H3. The summed E-state index contributed by atoms with van der Waals surface area (Å²) in [6, 6.07) is 13.7. The van der Waals surface area contributed by atoms with E-state index in [9.17, 15) is 13.2 Å². The second-order valence-electron chi connectivity index (χ2n) is 6.66. The van der Waals surface area contributed by atoms with Crippen molar-refractivity contribution >= 4 is 27.3 Å². The number of hydrogen-bond donors (Lipinski definition) is 1. The monoisotopic (exact) mass is 358 g/mol. The topological polar surface area (TPSA) is 66.5 Å². The lowest BCUT2D eigenvalue weighted by Crippen LogP contribution is -2.37. The highest BCUT2D eigenvalue weighted by molar-refractivity contribution is 7.92. The van der Waals surface area contributed by atoms with Crippen molar-refractivity contribution in [3.05, 3.63) is 54.1 Å². The van der Waals surface area contributed by atoms with Gasteiger partial charge in [-0.05, 0) is 48.2 Å². The van der Waals surface area contributed by atoms with Crippen molar-refractivity contribution in [1.29, 1.82) is 0 Å². The molecule has 1 amide bonds. The molecule has 0 saturated heterocycles. The van der Waals surface area contributed by atoms with Crippen LogP contribution in [-0.4, -0.2) is 20.9 Å². The van der Waals surface area contributed by atoms with E-state index in [2.05, 4.69) is 18.6 Å².